The third kappa shape index (κ3) is 2.66. The van der Waals surface area contributed by atoms with Crippen LogP contribution < -0.4 is 4.74 Å². The summed E-state index contributed by atoms with van der Waals surface area (Å²) in [4.78, 5) is 4.52. The number of pyridine rings is 1. The zero-order chi connectivity index (χ0) is 13.1. The first-order valence-corrected chi connectivity index (χ1v) is 6.80. The number of nitrogens with zero attached hydrogens (tertiary/aromatic N) is 1. The fourth-order valence-electron chi connectivity index (χ4n) is 2.95. The molecule has 1 saturated carbocycles. The molecule has 1 fully saturated rings. The molecule has 2 rings (SSSR count). The number of aryl methyl sites for hydroxylation is 1. The molecule has 1 aliphatic carbocycles. The van der Waals surface area contributed by atoms with E-state index in [1.165, 1.54) is 6.42 Å². The highest BCUT2D eigenvalue weighted by Gasteiger charge is 2.24. The van der Waals surface area contributed by atoms with E-state index in [4.69, 9.17) is 4.74 Å². The lowest BCUT2D eigenvalue weighted by molar-refractivity contribution is 0.0694. The molecule has 3 nitrogen and oxygen atoms in total. The molecule has 2 atom stereocenters. The van der Waals surface area contributed by atoms with Crippen LogP contribution in [0.5, 0.6) is 5.75 Å². The van der Waals surface area contributed by atoms with Gasteiger partial charge in [0.2, 0.25) is 0 Å². The van der Waals surface area contributed by atoms with Crippen molar-refractivity contribution in [3.05, 3.63) is 23.0 Å². The van der Waals surface area contributed by atoms with Crippen LogP contribution in [0.1, 0.15) is 42.5 Å². The Balaban J connectivity index is 2.18. The number of aromatic nitrogens is 1. The molecule has 1 heterocycles. The number of ether oxygens (including phenoxy) is 1. The first-order valence-electron chi connectivity index (χ1n) is 6.80. The summed E-state index contributed by atoms with van der Waals surface area (Å²) < 4.78 is 5.43. The van der Waals surface area contributed by atoms with Crippen molar-refractivity contribution in [2.45, 2.75) is 52.1 Å². The van der Waals surface area contributed by atoms with Crippen LogP contribution in [-0.2, 0) is 6.42 Å². The molecule has 0 aromatic carbocycles. The third-order valence-electron chi connectivity index (χ3n) is 4.07. The van der Waals surface area contributed by atoms with E-state index < -0.39 is 0 Å². The fraction of sp³-hybridized carbons (Fsp3) is 0.667. The minimum absolute atomic E-state index is 0.160. The van der Waals surface area contributed by atoms with Crippen molar-refractivity contribution in [2.75, 3.05) is 7.11 Å². The SMILES string of the molecule is COc1c(C)cnc(CC2CCCCC2O)c1C. The van der Waals surface area contributed by atoms with Gasteiger partial charge in [-0.2, -0.15) is 0 Å². The van der Waals surface area contributed by atoms with Crippen molar-refractivity contribution in [3.8, 4) is 5.75 Å². The van der Waals surface area contributed by atoms with Crippen molar-refractivity contribution in [2.24, 2.45) is 5.92 Å². The Morgan fingerprint density at radius 1 is 1.33 bits per heavy atom. The molecule has 0 saturated heterocycles. The van der Waals surface area contributed by atoms with Gasteiger partial charge in [0.05, 0.1) is 13.2 Å². The zero-order valence-corrected chi connectivity index (χ0v) is 11.6. The molecule has 1 aromatic heterocycles. The topological polar surface area (TPSA) is 42.4 Å². The Kier molecular flexibility index (Phi) is 4.23. The second-order valence-corrected chi connectivity index (χ2v) is 5.36. The van der Waals surface area contributed by atoms with Gasteiger partial charge >= 0.3 is 0 Å². The molecule has 1 N–H and O–H groups in total. The van der Waals surface area contributed by atoms with Crippen LogP contribution in [0.2, 0.25) is 0 Å². The van der Waals surface area contributed by atoms with E-state index in [0.29, 0.717) is 5.92 Å². The van der Waals surface area contributed by atoms with Crippen molar-refractivity contribution in [1.82, 2.24) is 4.98 Å². The molecule has 0 amide bonds. The van der Waals surface area contributed by atoms with E-state index in [0.717, 1.165) is 48.3 Å². The number of hydrogen-bond donors (Lipinski definition) is 1. The lowest BCUT2D eigenvalue weighted by atomic mass is 9.83. The number of methoxy groups -OCH3 is 1. The maximum atomic E-state index is 10.0. The van der Waals surface area contributed by atoms with E-state index in [2.05, 4.69) is 11.9 Å². The van der Waals surface area contributed by atoms with Crippen LogP contribution in [0.15, 0.2) is 6.20 Å². The minimum Gasteiger partial charge on any atom is -0.496 e. The Bertz CT molecular complexity index is 417. The monoisotopic (exact) mass is 249 g/mol. The van der Waals surface area contributed by atoms with E-state index in [1.807, 2.05) is 13.1 Å². The highest BCUT2D eigenvalue weighted by Crippen LogP contribution is 2.30. The molecule has 0 bridgehead atoms. The van der Waals surface area contributed by atoms with Gasteiger partial charge < -0.3 is 9.84 Å². The van der Waals surface area contributed by atoms with Crippen LogP contribution in [0, 0.1) is 19.8 Å². The molecule has 2 unspecified atom stereocenters. The van der Waals surface area contributed by atoms with Crippen LogP contribution in [-0.4, -0.2) is 23.3 Å². The zero-order valence-electron chi connectivity index (χ0n) is 11.6. The highest BCUT2D eigenvalue weighted by molar-refractivity contribution is 5.41. The first kappa shape index (κ1) is 13.3. The lowest BCUT2D eigenvalue weighted by Crippen LogP contribution is -2.26. The summed E-state index contributed by atoms with van der Waals surface area (Å²) in [5.74, 6) is 1.29. The molecular formula is C15H23NO2. The maximum absolute atomic E-state index is 10.0. The fourth-order valence-corrected chi connectivity index (χ4v) is 2.95. The summed E-state index contributed by atoms with van der Waals surface area (Å²) in [6.45, 7) is 4.07. The molecule has 0 radical (unpaired) electrons. The van der Waals surface area contributed by atoms with Crippen LogP contribution in [0.25, 0.3) is 0 Å². The van der Waals surface area contributed by atoms with Gasteiger partial charge in [-0.3, -0.25) is 4.98 Å². The van der Waals surface area contributed by atoms with E-state index >= 15 is 0 Å². The van der Waals surface area contributed by atoms with Crippen LogP contribution in [0.3, 0.4) is 0 Å². The third-order valence-corrected chi connectivity index (χ3v) is 4.07. The maximum Gasteiger partial charge on any atom is 0.128 e. The average Bonchev–Trinajstić information content (AvgIpc) is 2.36. The standard InChI is InChI=1S/C15H23NO2/c1-10-9-16-13(11(2)15(10)18-3)8-12-6-4-5-7-14(12)17/h9,12,14,17H,4-8H2,1-3H3. The second-order valence-electron chi connectivity index (χ2n) is 5.36. The van der Waals surface area contributed by atoms with Gasteiger partial charge in [-0.15, -0.1) is 0 Å². The predicted molar refractivity (Wildman–Crippen MR) is 71.9 cm³/mol. The second kappa shape index (κ2) is 5.70. The van der Waals surface area contributed by atoms with Gasteiger partial charge in [-0.1, -0.05) is 12.8 Å². The lowest BCUT2D eigenvalue weighted by Gasteiger charge is -2.28. The molecule has 18 heavy (non-hydrogen) atoms. The number of aliphatic hydroxyl groups is 1. The van der Waals surface area contributed by atoms with Gasteiger partial charge in [0, 0.05) is 23.0 Å². The number of rotatable bonds is 3. The predicted octanol–water partition coefficient (Wildman–Crippen LogP) is 2.80. The molecule has 100 valence electrons. The van der Waals surface area contributed by atoms with Crippen LogP contribution in [0.4, 0.5) is 0 Å². The summed E-state index contributed by atoms with van der Waals surface area (Å²) >= 11 is 0. The van der Waals surface area contributed by atoms with Gasteiger partial charge in [-0.25, -0.2) is 0 Å². The summed E-state index contributed by atoms with van der Waals surface area (Å²) in [7, 11) is 1.70. The first-order chi connectivity index (χ1) is 8.63. The van der Waals surface area contributed by atoms with E-state index in [-0.39, 0.29) is 6.10 Å². The molecule has 0 spiro atoms. The minimum atomic E-state index is -0.160. The summed E-state index contributed by atoms with van der Waals surface area (Å²) in [5.41, 5.74) is 3.27. The van der Waals surface area contributed by atoms with E-state index in [1.54, 1.807) is 7.11 Å². The normalized spacial score (nSPS) is 24.0. The largest absolute Gasteiger partial charge is 0.496 e. The molecule has 1 aliphatic rings. The van der Waals surface area contributed by atoms with Gasteiger partial charge in [0.25, 0.3) is 0 Å². The highest BCUT2D eigenvalue weighted by atomic mass is 16.5. The number of aliphatic hydroxyl groups excluding tert-OH is 1. The van der Waals surface area contributed by atoms with Crippen molar-refractivity contribution in [3.63, 3.8) is 0 Å². The molecule has 0 aliphatic heterocycles. The molecule has 3 heteroatoms. The average molecular weight is 249 g/mol. The summed E-state index contributed by atoms with van der Waals surface area (Å²) in [6, 6.07) is 0. The Hall–Kier alpha value is -1.09. The number of hydrogen-bond acceptors (Lipinski definition) is 3. The van der Waals surface area contributed by atoms with E-state index in [9.17, 15) is 5.11 Å². The quantitative estimate of drug-likeness (QED) is 0.895. The Labute approximate surface area is 109 Å². The molecular weight excluding hydrogens is 226 g/mol. The molecule has 1 aromatic rings. The Morgan fingerprint density at radius 2 is 2.06 bits per heavy atom. The summed E-state index contributed by atoms with van der Waals surface area (Å²) in [6.07, 6.45) is 7.00. The van der Waals surface area contributed by atoms with Crippen molar-refractivity contribution < 1.29 is 9.84 Å². The Morgan fingerprint density at radius 3 is 2.72 bits per heavy atom. The van der Waals surface area contributed by atoms with Crippen molar-refractivity contribution in [1.29, 1.82) is 0 Å². The van der Waals surface area contributed by atoms with Crippen LogP contribution >= 0.6 is 0 Å². The van der Waals surface area contributed by atoms with Gasteiger partial charge in [0.15, 0.2) is 0 Å². The smallest absolute Gasteiger partial charge is 0.128 e. The van der Waals surface area contributed by atoms with Gasteiger partial charge in [-0.05, 0) is 39.0 Å². The van der Waals surface area contributed by atoms with Crippen molar-refractivity contribution >= 4 is 0 Å². The van der Waals surface area contributed by atoms with Gasteiger partial charge in [0.1, 0.15) is 5.75 Å². The summed E-state index contributed by atoms with van der Waals surface area (Å²) in [5, 5.41) is 10.0.